The van der Waals surface area contributed by atoms with Crippen molar-refractivity contribution in [1.29, 1.82) is 0 Å². The van der Waals surface area contributed by atoms with Crippen molar-refractivity contribution in [2.24, 2.45) is 0 Å². The minimum absolute atomic E-state index is 0.421. The molecule has 0 spiro atoms. The van der Waals surface area contributed by atoms with Crippen LogP contribution in [-0.4, -0.2) is 24.3 Å². The third kappa shape index (κ3) is 3.56. The van der Waals surface area contributed by atoms with Gasteiger partial charge in [-0.15, -0.1) is 0 Å². The van der Waals surface area contributed by atoms with Crippen molar-refractivity contribution in [3.05, 3.63) is 12.3 Å². The molecule has 0 aliphatic carbocycles. The molecule has 1 aliphatic rings. The molecule has 0 unspecified atom stereocenters. The zero-order chi connectivity index (χ0) is 8.81. The Hall–Kier alpha value is -0.790. The van der Waals surface area contributed by atoms with Crippen molar-refractivity contribution in [2.45, 2.75) is 32.1 Å². The van der Waals surface area contributed by atoms with Crippen LogP contribution in [0.15, 0.2) is 12.3 Å². The van der Waals surface area contributed by atoms with Crippen molar-refractivity contribution < 1.29 is 4.79 Å². The Kier molecular flexibility index (Phi) is 3.85. The van der Waals surface area contributed by atoms with Crippen LogP contribution in [0.1, 0.15) is 32.1 Å². The van der Waals surface area contributed by atoms with Crippen LogP contribution in [-0.2, 0) is 4.79 Å². The number of nitrogens with zero attached hydrogens (tertiary/aromatic N) is 1. The Morgan fingerprint density at radius 1 is 1.33 bits per heavy atom. The lowest BCUT2D eigenvalue weighted by Crippen LogP contribution is -2.13. The van der Waals surface area contributed by atoms with Gasteiger partial charge in [0.1, 0.15) is 5.78 Å². The topological polar surface area (TPSA) is 20.3 Å². The number of hydrogen-bond acceptors (Lipinski definition) is 2. The minimum atomic E-state index is 0.421. The smallest absolute Gasteiger partial charge is 0.133 e. The van der Waals surface area contributed by atoms with Crippen molar-refractivity contribution >= 4 is 5.78 Å². The van der Waals surface area contributed by atoms with Crippen LogP contribution in [0.5, 0.6) is 0 Å². The fourth-order valence-corrected chi connectivity index (χ4v) is 1.38. The second kappa shape index (κ2) is 4.96. The molecule has 0 fully saturated rings. The molecule has 0 aromatic carbocycles. The van der Waals surface area contributed by atoms with Gasteiger partial charge in [0, 0.05) is 26.4 Å². The summed E-state index contributed by atoms with van der Waals surface area (Å²) in [6, 6.07) is 0. The highest BCUT2D eigenvalue weighted by Crippen LogP contribution is 2.06. The quantitative estimate of drug-likeness (QED) is 0.549. The first-order chi connectivity index (χ1) is 5.79. The highest BCUT2D eigenvalue weighted by Gasteiger charge is 2.02. The molecule has 0 saturated heterocycles. The van der Waals surface area contributed by atoms with Gasteiger partial charge in [-0.1, -0.05) is 6.08 Å². The largest absolute Gasteiger partial charge is 0.381 e. The average Bonchev–Trinajstić information content (AvgIpc) is 2.06. The second-order valence-electron chi connectivity index (χ2n) is 3.40. The fraction of sp³-hybridized carbons (Fsp3) is 0.700. The van der Waals surface area contributed by atoms with E-state index in [4.69, 9.17) is 0 Å². The van der Waals surface area contributed by atoms with Crippen LogP contribution in [0, 0.1) is 0 Å². The Morgan fingerprint density at radius 2 is 2.17 bits per heavy atom. The van der Waals surface area contributed by atoms with E-state index in [2.05, 4.69) is 24.2 Å². The summed E-state index contributed by atoms with van der Waals surface area (Å²) in [5, 5.41) is 0. The molecule has 1 aliphatic heterocycles. The molecule has 2 heteroatoms. The maximum absolute atomic E-state index is 11.1. The first-order valence-electron chi connectivity index (χ1n) is 4.67. The molecule has 2 nitrogen and oxygen atoms in total. The van der Waals surface area contributed by atoms with Crippen LogP contribution in [0.25, 0.3) is 0 Å². The number of carbonyl (C=O) groups is 1. The molecule has 0 atom stereocenters. The predicted molar refractivity (Wildman–Crippen MR) is 49.9 cm³/mol. The van der Waals surface area contributed by atoms with Crippen molar-refractivity contribution in [2.75, 3.05) is 13.6 Å². The van der Waals surface area contributed by atoms with Crippen LogP contribution in [0.3, 0.4) is 0 Å². The monoisotopic (exact) mass is 167 g/mol. The number of rotatable bonds is 0. The molecule has 1 rings (SSSR count). The first-order valence-corrected chi connectivity index (χ1v) is 4.67. The summed E-state index contributed by atoms with van der Waals surface area (Å²) >= 11 is 0. The molecule has 0 saturated carbocycles. The summed E-state index contributed by atoms with van der Waals surface area (Å²) < 4.78 is 0. The number of carbonyl (C=O) groups excluding carboxylic acids is 1. The van der Waals surface area contributed by atoms with Gasteiger partial charge in [0.2, 0.25) is 0 Å². The van der Waals surface area contributed by atoms with E-state index in [1.165, 1.54) is 0 Å². The van der Waals surface area contributed by atoms with E-state index in [1.54, 1.807) is 0 Å². The molecule has 12 heavy (non-hydrogen) atoms. The van der Waals surface area contributed by atoms with Gasteiger partial charge >= 0.3 is 0 Å². The molecule has 0 bridgehead atoms. The predicted octanol–water partition coefficient (Wildman–Crippen LogP) is 1.97. The summed E-state index contributed by atoms with van der Waals surface area (Å²) in [6.45, 7) is 1.07. The van der Waals surface area contributed by atoms with Crippen LogP contribution >= 0.6 is 0 Å². The molecular weight excluding hydrogens is 150 g/mol. The standard InChI is InChI=1S/C10H17NO/c1-11-8-4-2-6-10(12)7-3-5-9-11/h4,8H,2-3,5-7,9H2,1H3. The van der Waals surface area contributed by atoms with E-state index < -0.39 is 0 Å². The minimum Gasteiger partial charge on any atom is -0.381 e. The maximum Gasteiger partial charge on any atom is 0.133 e. The van der Waals surface area contributed by atoms with Crippen LogP contribution in [0.4, 0.5) is 0 Å². The van der Waals surface area contributed by atoms with Crippen LogP contribution in [0.2, 0.25) is 0 Å². The van der Waals surface area contributed by atoms with E-state index >= 15 is 0 Å². The lowest BCUT2D eigenvalue weighted by Gasteiger charge is -2.14. The van der Waals surface area contributed by atoms with E-state index in [-0.39, 0.29) is 0 Å². The fourth-order valence-electron chi connectivity index (χ4n) is 1.38. The van der Waals surface area contributed by atoms with Crippen molar-refractivity contribution in [3.8, 4) is 0 Å². The average molecular weight is 167 g/mol. The zero-order valence-corrected chi connectivity index (χ0v) is 7.75. The Labute approximate surface area is 74.2 Å². The van der Waals surface area contributed by atoms with E-state index in [0.717, 1.165) is 38.6 Å². The molecule has 0 radical (unpaired) electrons. The van der Waals surface area contributed by atoms with E-state index in [9.17, 15) is 4.79 Å². The summed E-state index contributed by atoms with van der Waals surface area (Å²) in [5.74, 6) is 0.421. The first kappa shape index (κ1) is 9.30. The van der Waals surface area contributed by atoms with Gasteiger partial charge in [-0.2, -0.15) is 0 Å². The van der Waals surface area contributed by atoms with E-state index in [1.807, 2.05) is 0 Å². The molecule has 1 heterocycles. The second-order valence-corrected chi connectivity index (χ2v) is 3.40. The van der Waals surface area contributed by atoms with Gasteiger partial charge in [0.15, 0.2) is 0 Å². The molecule has 68 valence electrons. The summed E-state index contributed by atoms with van der Waals surface area (Å²) in [6.07, 6.45) is 8.76. The molecule has 0 N–H and O–H groups in total. The lowest BCUT2D eigenvalue weighted by atomic mass is 10.1. The van der Waals surface area contributed by atoms with Crippen molar-refractivity contribution in [1.82, 2.24) is 4.90 Å². The normalized spacial score (nSPS) is 21.1. The number of hydrogen-bond donors (Lipinski definition) is 0. The SMILES string of the molecule is CN1C=CCCC(=O)CCCC1. The number of Topliss-reactive ketones (excluding diaryl/α,β-unsaturated/α-hetero) is 1. The van der Waals surface area contributed by atoms with Crippen molar-refractivity contribution in [3.63, 3.8) is 0 Å². The van der Waals surface area contributed by atoms with Gasteiger partial charge in [0.25, 0.3) is 0 Å². The van der Waals surface area contributed by atoms with Gasteiger partial charge in [-0.05, 0) is 25.5 Å². The Balaban J connectivity index is 2.39. The summed E-state index contributed by atoms with van der Waals surface area (Å²) in [5.41, 5.74) is 0. The third-order valence-corrected chi connectivity index (χ3v) is 2.17. The summed E-state index contributed by atoms with van der Waals surface area (Å²) in [4.78, 5) is 13.3. The lowest BCUT2D eigenvalue weighted by molar-refractivity contribution is -0.119. The number of ketones is 1. The zero-order valence-electron chi connectivity index (χ0n) is 7.75. The van der Waals surface area contributed by atoms with Gasteiger partial charge in [0.05, 0.1) is 0 Å². The van der Waals surface area contributed by atoms with Crippen LogP contribution < -0.4 is 0 Å². The Morgan fingerprint density at radius 3 is 3.00 bits per heavy atom. The third-order valence-electron chi connectivity index (χ3n) is 2.17. The highest BCUT2D eigenvalue weighted by molar-refractivity contribution is 5.78. The van der Waals surface area contributed by atoms with Gasteiger partial charge < -0.3 is 4.90 Å². The maximum atomic E-state index is 11.1. The molecule has 0 aromatic heterocycles. The van der Waals surface area contributed by atoms with Gasteiger partial charge in [-0.25, -0.2) is 0 Å². The molecular formula is C10H17NO. The van der Waals surface area contributed by atoms with E-state index in [0.29, 0.717) is 5.78 Å². The molecule has 0 amide bonds. The molecule has 0 aromatic rings. The number of allylic oxidation sites excluding steroid dienone is 1. The van der Waals surface area contributed by atoms with Gasteiger partial charge in [-0.3, -0.25) is 4.79 Å². The summed E-state index contributed by atoms with van der Waals surface area (Å²) in [7, 11) is 2.08. The highest BCUT2D eigenvalue weighted by atomic mass is 16.1. The Bertz CT molecular complexity index is 175.